The van der Waals surface area contributed by atoms with Gasteiger partial charge in [0.15, 0.2) is 11.5 Å². The minimum Gasteiger partial charge on any atom is -0.493 e. The molecule has 0 bridgehead atoms. The van der Waals surface area contributed by atoms with Gasteiger partial charge in [0.25, 0.3) is 0 Å². The van der Waals surface area contributed by atoms with Crippen LogP contribution in [0.25, 0.3) is 0 Å². The van der Waals surface area contributed by atoms with Gasteiger partial charge >= 0.3 is 0 Å². The van der Waals surface area contributed by atoms with Gasteiger partial charge in [-0.05, 0) is 36.6 Å². The molecule has 1 fully saturated rings. The minimum atomic E-state index is 0. The second-order valence-corrected chi connectivity index (χ2v) is 3.80. The van der Waals surface area contributed by atoms with Gasteiger partial charge in [0.1, 0.15) is 0 Å². The summed E-state index contributed by atoms with van der Waals surface area (Å²) in [7, 11) is 3.34. The third-order valence-electron chi connectivity index (χ3n) is 2.94. The highest BCUT2D eigenvalue weighted by Gasteiger charge is 2.17. The van der Waals surface area contributed by atoms with Crippen LogP contribution in [-0.2, 0) is 0 Å². The van der Waals surface area contributed by atoms with Crippen molar-refractivity contribution in [2.45, 2.75) is 12.3 Å². The number of ether oxygens (including phenoxy) is 2. The third kappa shape index (κ3) is 2.60. The maximum Gasteiger partial charge on any atom is 0.160 e. The molecule has 2 rings (SSSR count). The van der Waals surface area contributed by atoms with Crippen LogP contribution in [-0.4, -0.2) is 27.3 Å². The molecule has 0 radical (unpaired) electrons. The van der Waals surface area contributed by atoms with Gasteiger partial charge in [-0.25, -0.2) is 0 Å². The zero-order valence-electron chi connectivity index (χ0n) is 9.66. The maximum absolute atomic E-state index is 5.29. The van der Waals surface area contributed by atoms with Gasteiger partial charge in [-0.1, -0.05) is 6.07 Å². The normalized spacial score (nSPS) is 19.0. The van der Waals surface area contributed by atoms with E-state index in [1.165, 1.54) is 12.0 Å². The molecule has 1 aromatic carbocycles. The first-order valence-electron chi connectivity index (χ1n) is 5.28. The minimum absolute atomic E-state index is 0. The van der Waals surface area contributed by atoms with Crippen LogP contribution in [0.15, 0.2) is 18.2 Å². The Hall–Kier alpha value is -0.930. The number of hydrogen-bond acceptors (Lipinski definition) is 3. The number of hydrogen-bond donors (Lipinski definition) is 1. The first-order chi connectivity index (χ1) is 7.35. The van der Waals surface area contributed by atoms with Crippen molar-refractivity contribution < 1.29 is 9.47 Å². The third-order valence-corrected chi connectivity index (χ3v) is 2.94. The summed E-state index contributed by atoms with van der Waals surface area (Å²) in [5.74, 6) is 2.24. The maximum atomic E-state index is 5.29. The Labute approximate surface area is 103 Å². The average Bonchev–Trinajstić information content (AvgIpc) is 2.81. The van der Waals surface area contributed by atoms with Gasteiger partial charge in [0, 0.05) is 6.54 Å². The molecule has 0 amide bonds. The summed E-state index contributed by atoms with van der Waals surface area (Å²) in [6.07, 6.45) is 1.20. The van der Waals surface area contributed by atoms with Crippen molar-refractivity contribution in [2.75, 3.05) is 27.3 Å². The molecule has 1 N–H and O–H groups in total. The number of rotatable bonds is 3. The Bertz CT molecular complexity index is 338. The number of benzene rings is 1. The fourth-order valence-electron chi connectivity index (χ4n) is 2.05. The molecule has 1 heterocycles. The standard InChI is InChI=1S/C12H17NO2.ClH/c1-14-11-4-3-9(7-12(11)15-2)10-5-6-13-8-10;/h3-4,7,10,13H,5-6,8H2,1-2H3;1H. The van der Waals surface area contributed by atoms with Crippen LogP contribution in [0.5, 0.6) is 11.5 Å². The van der Waals surface area contributed by atoms with Gasteiger partial charge in [-0.15, -0.1) is 12.4 Å². The summed E-state index contributed by atoms with van der Waals surface area (Å²) in [4.78, 5) is 0. The second kappa shape index (κ2) is 5.97. The molecule has 1 aliphatic rings. The van der Waals surface area contributed by atoms with E-state index in [4.69, 9.17) is 9.47 Å². The molecule has 1 aliphatic heterocycles. The first kappa shape index (κ1) is 13.1. The summed E-state index contributed by atoms with van der Waals surface area (Å²) in [6, 6.07) is 6.18. The predicted molar refractivity (Wildman–Crippen MR) is 67.0 cm³/mol. The van der Waals surface area contributed by atoms with Crippen molar-refractivity contribution >= 4 is 12.4 Å². The number of halogens is 1. The number of nitrogens with one attached hydrogen (secondary N) is 1. The van der Waals surface area contributed by atoms with E-state index in [0.29, 0.717) is 5.92 Å². The van der Waals surface area contributed by atoms with E-state index in [1.54, 1.807) is 14.2 Å². The molecule has 3 nitrogen and oxygen atoms in total. The van der Waals surface area contributed by atoms with E-state index >= 15 is 0 Å². The molecule has 0 aromatic heterocycles. The molecule has 4 heteroatoms. The first-order valence-corrected chi connectivity index (χ1v) is 5.28. The van der Waals surface area contributed by atoms with Crippen LogP contribution in [0.4, 0.5) is 0 Å². The molecule has 1 saturated heterocycles. The van der Waals surface area contributed by atoms with Crippen molar-refractivity contribution in [3.63, 3.8) is 0 Å². The zero-order valence-corrected chi connectivity index (χ0v) is 10.5. The molecule has 1 aromatic rings. The Morgan fingerprint density at radius 3 is 2.50 bits per heavy atom. The smallest absolute Gasteiger partial charge is 0.160 e. The van der Waals surface area contributed by atoms with E-state index < -0.39 is 0 Å². The quantitative estimate of drug-likeness (QED) is 0.883. The highest BCUT2D eigenvalue weighted by atomic mass is 35.5. The van der Waals surface area contributed by atoms with Crippen molar-refractivity contribution in [1.82, 2.24) is 5.32 Å². The lowest BCUT2D eigenvalue weighted by molar-refractivity contribution is 0.354. The van der Waals surface area contributed by atoms with E-state index in [9.17, 15) is 0 Å². The molecular formula is C12H18ClNO2. The van der Waals surface area contributed by atoms with E-state index in [2.05, 4.69) is 17.4 Å². The highest BCUT2D eigenvalue weighted by molar-refractivity contribution is 5.85. The zero-order chi connectivity index (χ0) is 10.7. The average molecular weight is 244 g/mol. The Kier molecular flexibility index (Phi) is 4.90. The van der Waals surface area contributed by atoms with Crippen molar-refractivity contribution in [1.29, 1.82) is 0 Å². The van der Waals surface area contributed by atoms with Crippen LogP contribution in [0, 0.1) is 0 Å². The molecule has 1 unspecified atom stereocenters. The molecule has 90 valence electrons. The summed E-state index contributed by atoms with van der Waals surface area (Å²) in [5.41, 5.74) is 1.33. The van der Waals surface area contributed by atoms with E-state index in [0.717, 1.165) is 24.6 Å². The second-order valence-electron chi connectivity index (χ2n) is 3.80. The molecule has 1 atom stereocenters. The molecule has 0 aliphatic carbocycles. The summed E-state index contributed by atoms with van der Waals surface area (Å²) >= 11 is 0. The van der Waals surface area contributed by atoms with Gasteiger partial charge in [0.2, 0.25) is 0 Å². The van der Waals surface area contributed by atoms with Gasteiger partial charge in [0.05, 0.1) is 14.2 Å². The van der Waals surface area contributed by atoms with Crippen LogP contribution in [0.1, 0.15) is 17.9 Å². The van der Waals surface area contributed by atoms with Crippen molar-refractivity contribution in [2.24, 2.45) is 0 Å². The van der Waals surface area contributed by atoms with Gasteiger partial charge < -0.3 is 14.8 Å². The Morgan fingerprint density at radius 2 is 1.94 bits per heavy atom. The van der Waals surface area contributed by atoms with Gasteiger partial charge in [-0.3, -0.25) is 0 Å². The summed E-state index contributed by atoms with van der Waals surface area (Å²) in [5, 5.41) is 3.36. The largest absolute Gasteiger partial charge is 0.493 e. The summed E-state index contributed by atoms with van der Waals surface area (Å²) < 4.78 is 10.5. The fourth-order valence-corrected chi connectivity index (χ4v) is 2.05. The lowest BCUT2D eigenvalue weighted by atomic mass is 9.98. The van der Waals surface area contributed by atoms with Crippen LogP contribution < -0.4 is 14.8 Å². The van der Waals surface area contributed by atoms with Crippen molar-refractivity contribution in [3.8, 4) is 11.5 Å². The van der Waals surface area contributed by atoms with Crippen LogP contribution in [0.3, 0.4) is 0 Å². The van der Waals surface area contributed by atoms with Crippen molar-refractivity contribution in [3.05, 3.63) is 23.8 Å². The lowest BCUT2D eigenvalue weighted by Gasteiger charge is -2.13. The Balaban J connectivity index is 0.00000128. The highest BCUT2D eigenvalue weighted by Crippen LogP contribution is 2.32. The van der Waals surface area contributed by atoms with Crippen LogP contribution >= 0.6 is 12.4 Å². The molecule has 16 heavy (non-hydrogen) atoms. The van der Waals surface area contributed by atoms with E-state index in [1.807, 2.05) is 6.07 Å². The topological polar surface area (TPSA) is 30.5 Å². The summed E-state index contributed by atoms with van der Waals surface area (Å²) in [6.45, 7) is 2.18. The molecular weight excluding hydrogens is 226 g/mol. The molecule has 0 saturated carbocycles. The van der Waals surface area contributed by atoms with E-state index in [-0.39, 0.29) is 12.4 Å². The molecule has 0 spiro atoms. The lowest BCUT2D eigenvalue weighted by Crippen LogP contribution is -2.08. The number of methoxy groups -OCH3 is 2. The fraction of sp³-hybridized carbons (Fsp3) is 0.500. The van der Waals surface area contributed by atoms with Gasteiger partial charge in [-0.2, -0.15) is 0 Å². The monoisotopic (exact) mass is 243 g/mol. The SMILES string of the molecule is COc1ccc(C2CCNC2)cc1OC.Cl. The predicted octanol–water partition coefficient (Wildman–Crippen LogP) is 2.20. The van der Waals surface area contributed by atoms with Crippen LogP contribution in [0.2, 0.25) is 0 Å². The Morgan fingerprint density at radius 1 is 1.19 bits per heavy atom.